The number of hydrogen-bond donors (Lipinski definition) is 0. The molecule has 8 heteroatoms. The molecule has 0 fully saturated rings. The summed E-state index contributed by atoms with van der Waals surface area (Å²) in [6.07, 6.45) is 0. The Morgan fingerprint density at radius 3 is 1.47 bits per heavy atom. The Labute approximate surface area is 206 Å². The molecular formula is C28H22N8. The van der Waals surface area contributed by atoms with Crippen LogP contribution < -0.4 is 0 Å². The van der Waals surface area contributed by atoms with Crippen molar-refractivity contribution in [3.05, 3.63) is 96.2 Å². The van der Waals surface area contributed by atoms with Crippen molar-refractivity contribution >= 4 is 33.0 Å². The average molecular weight is 471 g/mol. The lowest BCUT2D eigenvalue weighted by molar-refractivity contribution is 0.792. The van der Waals surface area contributed by atoms with Crippen molar-refractivity contribution in [3.8, 4) is 17.8 Å². The maximum atomic E-state index is 4.99. The van der Waals surface area contributed by atoms with Crippen LogP contribution in [0.2, 0.25) is 0 Å². The van der Waals surface area contributed by atoms with E-state index in [4.69, 9.17) is 24.9 Å². The molecule has 0 amide bonds. The van der Waals surface area contributed by atoms with Crippen LogP contribution in [0, 0.1) is 20.8 Å². The van der Waals surface area contributed by atoms with E-state index in [1.54, 1.807) is 0 Å². The Morgan fingerprint density at radius 2 is 0.917 bits per heavy atom. The molecule has 0 aliphatic rings. The van der Waals surface area contributed by atoms with E-state index in [9.17, 15) is 0 Å². The second-order valence-electron chi connectivity index (χ2n) is 8.88. The van der Waals surface area contributed by atoms with Crippen LogP contribution in [0.3, 0.4) is 0 Å². The molecule has 36 heavy (non-hydrogen) atoms. The highest BCUT2D eigenvalue weighted by atomic mass is 15.3. The first kappa shape index (κ1) is 20.5. The Bertz CT molecular complexity index is 1700. The third-order valence-electron chi connectivity index (χ3n) is 6.55. The highest BCUT2D eigenvalue weighted by Gasteiger charge is 2.20. The molecule has 0 saturated carbocycles. The quantitative estimate of drug-likeness (QED) is 0.345. The van der Waals surface area contributed by atoms with Crippen molar-refractivity contribution in [2.24, 2.45) is 0 Å². The summed E-state index contributed by atoms with van der Waals surface area (Å²) in [5.41, 5.74) is 5.76. The normalized spacial score (nSPS) is 11.8. The summed E-state index contributed by atoms with van der Waals surface area (Å²) in [5.74, 6) is 3.18. The first-order valence-corrected chi connectivity index (χ1v) is 11.8. The second kappa shape index (κ2) is 7.58. The molecule has 4 aromatic heterocycles. The number of aryl methyl sites for hydroxylation is 3. The largest absolute Gasteiger partial charge is 0.282 e. The average Bonchev–Trinajstić information content (AvgIpc) is 3.51. The van der Waals surface area contributed by atoms with E-state index in [1.807, 2.05) is 83.6 Å². The number of para-hydroxylation sites is 5. The standard InChI is InChI=1S/C28H22N8/c1-17-16-20-10-4-7-13-23(20)34(17)26-31-27(35-18(2)29-21-11-5-8-14-24(21)35)33-28(32-26)36-19(3)30-22-12-6-9-15-25(22)36/h4-16H,1-3H3. The lowest BCUT2D eigenvalue weighted by atomic mass is 10.2. The molecule has 0 aliphatic carbocycles. The van der Waals surface area contributed by atoms with E-state index in [0.717, 1.165) is 50.3 Å². The highest BCUT2D eigenvalue weighted by Crippen LogP contribution is 2.26. The maximum Gasteiger partial charge on any atom is 0.242 e. The van der Waals surface area contributed by atoms with Crippen molar-refractivity contribution in [1.82, 2.24) is 38.6 Å². The minimum absolute atomic E-state index is 0.510. The highest BCUT2D eigenvalue weighted by molar-refractivity contribution is 5.83. The number of rotatable bonds is 3. The zero-order valence-corrected chi connectivity index (χ0v) is 20.1. The lowest BCUT2D eigenvalue weighted by Gasteiger charge is -2.13. The van der Waals surface area contributed by atoms with Gasteiger partial charge in [-0.15, -0.1) is 0 Å². The lowest BCUT2D eigenvalue weighted by Crippen LogP contribution is -2.15. The minimum Gasteiger partial charge on any atom is -0.282 e. The number of imidazole rings is 2. The second-order valence-corrected chi connectivity index (χ2v) is 8.88. The van der Waals surface area contributed by atoms with Gasteiger partial charge in [0.25, 0.3) is 0 Å². The summed E-state index contributed by atoms with van der Waals surface area (Å²) in [7, 11) is 0. The van der Waals surface area contributed by atoms with Gasteiger partial charge in [0.2, 0.25) is 17.8 Å². The van der Waals surface area contributed by atoms with E-state index in [1.165, 1.54) is 0 Å². The summed E-state index contributed by atoms with van der Waals surface area (Å²) in [6, 6.07) is 26.4. The summed E-state index contributed by atoms with van der Waals surface area (Å²) in [6.45, 7) is 6.01. The third-order valence-corrected chi connectivity index (χ3v) is 6.55. The summed E-state index contributed by atoms with van der Waals surface area (Å²) in [4.78, 5) is 24.4. The van der Waals surface area contributed by atoms with Crippen molar-refractivity contribution in [2.75, 3.05) is 0 Å². The molecule has 0 N–H and O–H groups in total. The van der Waals surface area contributed by atoms with Gasteiger partial charge in [0.1, 0.15) is 11.6 Å². The molecule has 174 valence electrons. The molecule has 8 nitrogen and oxygen atoms in total. The Kier molecular flexibility index (Phi) is 4.32. The fourth-order valence-electron chi connectivity index (χ4n) is 5.00. The molecule has 0 spiro atoms. The van der Waals surface area contributed by atoms with Gasteiger partial charge in [0, 0.05) is 11.1 Å². The van der Waals surface area contributed by atoms with Crippen molar-refractivity contribution < 1.29 is 0 Å². The van der Waals surface area contributed by atoms with Crippen LogP contribution in [0.5, 0.6) is 0 Å². The predicted molar refractivity (Wildman–Crippen MR) is 140 cm³/mol. The Morgan fingerprint density at radius 1 is 0.472 bits per heavy atom. The number of benzene rings is 3. The smallest absolute Gasteiger partial charge is 0.242 e. The Hall–Kier alpha value is -4.85. The van der Waals surface area contributed by atoms with Gasteiger partial charge in [-0.3, -0.25) is 13.7 Å². The monoisotopic (exact) mass is 470 g/mol. The fraction of sp³-hybridized carbons (Fsp3) is 0.107. The van der Waals surface area contributed by atoms with E-state index in [0.29, 0.717) is 17.8 Å². The molecule has 0 saturated heterocycles. The topological polar surface area (TPSA) is 79.2 Å². The predicted octanol–water partition coefficient (Wildman–Crippen LogP) is 5.42. The first-order chi connectivity index (χ1) is 17.6. The van der Waals surface area contributed by atoms with Gasteiger partial charge in [-0.2, -0.15) is 15.0 Å². The third kappa shape index (κ3) is 2.97. The Balaban J connectivity index is 1.58. The first-order valence-electron chi connectivity index (χ1n) is 11.8. The molecule has 7 aromatic rings. The summed E-state index contributed by atoms with van der Waals surface area (Å²) >= 11 is 0. The van der Waals surface area contributed by atoms with E-state index >= 15 is 0 Å². The van der Waals surface area contributed by atoms with Crippen LogP contribution in [-0.2, 0) is 0 Å². The molecule has 0 atom stereocenters. The van der Waals surface area contributed by atoms with Crippen LogP contribution in [-0.4, -0.2) is 38.6 Å². The molecule has 3 aromatic carbocycles. The van der Waals surface area contributed by atoms with Gasteiger partial charge < -0.3 is 0 Å². The van der Waals surface area contributed by atoms with Gasteiger partial charge in [0.05, 0.1) is 27.6 Å². The van der Waals surface area contributed by atoms with E-state index in [2.05, 4.69) is 29.7 Å². The van der Waals surface area contributed by atoms with Crippen molar-refractivity contribution in [2.45, 2.75) is 20.8 Å². The zero-order chi connectivity index (χ0) is 24.4. The number of nitrogens with zero attached hydrogens (tertiary/aromatic N) is 8. The fourth-order valence-corrected chi connectivity index (χ4v) is 5.00. The summed E-state index contributed by atoms with van der Waals surface area (Å²) < 4.78 is 6.05. The van der Waals surface area contributed by atoms with Gasteiger partial charge in [-0.1, -0.05) is 42.5 Å². The van der Waals surface area contributed by atoms with E-state index in [-0.39, 0.29) is 0 Å². The minimum atomic E-state index is 0.510. The molecule has 0 aliphatic heterocycles. The van der Waals surface area contributed by atoms with Gasteiger partial charge in [-0.05, 0) is 57.2 Å². The molecular weight excluding hydrogens is 448 g/mol. The van der Waals surface area contributed by atoms with Crippen LogP contribution >= 0.6 is 0 Å². The van der Waals surface area contributed by atoms with Crippen molar-refractivity contribution in [3.63, 3.8) is 0 Å². The summed E-state index contributed by atoms with van der Waals surface area (Å²) in [5, 5.41) is 1.13. The zero-order valence-electron chi connectivity index (χ0n) is 20.1. The molecule has 0 radical (unpaired) electrons. The van der Waals surface area contributed by atoms with Crippen LogP contribution in [0.15, 0.2) is 78.9 Å². The molecule has 7 rings (SSSR count). The number of hydrogen-bond acceptors (Lipinski definition) is 5. The van der Waals surface area contributed by atoms with Gasteiger partial charge >= 0.3 is 0 Å². The van der Waals surface area contributed by atoms with E-state index < -0.39 is 0 Å². The number of fused-ring (bicyclic) bond motifs is 3. The van der Waals surface area contributed by atoms with Gasteiger partial charge in [-0.25, -0.2) is 9.97 Å². The molecule has 4 heterocycles. The molecule has 0 bridgehead atoms. The SMILES string of the molecule is Cc1cc2ccccc2n1-c1nc(-n2c(C)nc3ccccc32)nc(-n2c(C)nc3ccccc32)n1. The van der Waals surface area contributed by atoms with Crippen LogP contribution in [0.1, 0.15) is 17.3 Å². The molecule has 0 unspecified atom stereocenters. The number of aromatic nitrogens is 8. The van der Waals surface area contributed by atoms with Crippen LogP contribution in [0.25, 0.3) is 50.8 Å². The maximum absolute atomic E-state index is 4.99. The van der Waals surface area contributed by atoms with Crippen LogP contribution in [0.4, 0.5) is 0 Å². The van der Waals surface area contributed by atoms with Gasteiger partial charge in [0.15, 0.2) is 0 Å². The van der Waals surface area contributed by atoms with Crippen molar-refractivity contribution in [1.29, 1.82) is 0 Å².